The third-order valence-electron chi connectivity index (χ3n) is 7.05. The number of hydrogen-bond donors (Lipinski definition) is 1. The Kier molecular flexibility index (Phi) is 7.49. The highest BCUT2D eigenvalue weighted by Gasteiger charge is 2.45. The first-order valence-corrected chi connectivity index (χ1v) is 13.2. The lowest BCUT2D eigenvalue weighted by molar-refractivity contribution is -0.139. The molecule has 1 amide bonds. The van der Waals surface area contributed by atoms with Crippen molar-refractivity contribution >= 4 is 17.4 Å². The fraction of sp³-hybridized carbons (Fsp3) is 0.367. The standard InChI is InChI=1S/C30H33N3O5/c1-3-4-16-37-24-9-6-21(7-10-24)27-26(28(34)22-8-11-25-23(18-22)17-20(2)38-25)29(35)30(36)33(27)14-5-13-32-15-12-31-19-32/h6-12,15,18-20,27,34H,3-5,13-14,16-17H2,1-2H3/t20-,27+/m1/s1. The molecule has 1 fully saturated rings. The predicted molar refractivity (Wildman–Crippen MR) is 143 cm³/mol. The van der Waals surface area contributed by atoms with Gasteiger partial charge < -0.3 is 24.0 Å². The van der Waals surface area contributed by atoms with Crippen LogP contribution in [0, 0.1) is 0 Å². The molecule has 38 heavy (non-hydrogen) atoms. The molecule has 0 saturated carbocycles. The third kappa shape index (κ3) is 5.16. The average Bonchev–Trinajstić information content (AvgIpc) is 3.63. The van der Waals surface area contributed by atoms with E-state index in [4.69, 9.17) is 9.47 Å². The zero-order valence-corrected chi connectivity index (χ0v) is 21.8. The minimum absolute atomic E-state index is 0.0570. The Bertz CT molecular complexity index is 1330. The largest absolute Gasteiger partial charge is 0.507 e. The van der Waals surface area contributed by atoms with Crippen LogP contribution in [0.25, 0.3) is 5.76 Å². The first-order valence-electron chi connectivity index (χ1n) is 13.2. The van der Waals surface area contributed by atoms with Gasteiger partial charge in [-0.2, -0.15) is 0 Å². The maximum Gasteiger partial charge on any atom is 0.295 e. The van der Waals surface area contributed by atoms with E-state index >= 15 is 0 Å². The Balaban J connectivity index is 1.48. The fourth-order valence-corrected chi connectivity index (χ4v) is 5.11. The van der Waals surface area contributed by atoms with Crippen molar-refractivity contribution in [3.8, 4) is 11.5 Å². The number of rotatable bonds is 10. The number of aliphatic hydroxyl groups is 1. The van der Waals surface area contributed by atoms with Gasteiger partial charge in [-0.3, -0.25) is 9.59 Å². The Morgan fingerprint density at radius 3 is 2.68 bits per heavy atom. The number of aromatic nitrogens is 2. The van der Waals surface area contributed by atoms with Crippen molar-refractivity contribution in [2.75, 3.05) is 13.2 Å². The van der Waals surface area contributed by atoms with E-state index in [2.05, 4.69) is 11.9 Å². The van der Waals surface area contributed by atoms with Crippen LogP contribution in [0.3, 0.4) is 0 Å². The van der Waals surface area contributed by atoms with E-state index < -0.39 is 17.7 Å². The number of imidazole rings is 1. The van der Waals surface area contributed by atoms with E-state index in [-0.39, 0.29) is 17.4 Å². The van der Waals surface area contributed by atoms with E-state index in [0.29, 0.717) is 31.7 Å². The first-order chi connectivity index (χ1) is 18.5. The summed E-state index contributed by atoms with van der Waals surface area (Å²) in [5.41, 5.74) is 2.32. The van der Waals surface area contributed by atoms with Crippen molar-refractivity contribution < 1.29 is 24.2 Å². The van der Waals surface area contributed by atoms with Crippen LogP contribution in [0.2, 0.25) is 0 Å². The highest BCUT2D eigenvalue weighted by Crippen LogP contribution is 2.41. The van der Waals surface area contributed by atoms with Crippen LogP contribution < -0.4 is 9.47 Å². The average molecular weight is 516 g/mol. The second-order valence-electron chi connectivity index (χ2n) is 9.87. The normalized spacial score (nSPS) is 20.0. The van der Waals surface area contributed by atoms with Crippen LogP contribution in [-0.2, 0) is 22.6 Å². The molecular formula is C30H33N3O5. The van der Waals surface area contributed by atoms with Crippen molar-refractivity contribution in [3.63, 3.8) is 0 Å². The van der Waals surface area contributed by atoms with E-state index in [9.17, 15) is 14.7 Å². The molecule has 0 bridgehead atoms. The van der Waals surface area contributed by atoms with E-state index in [0.717, 1.165) is 41.9 Å². The van der Waals surface area contributed by atoms with Crippen LogP contribution in [0.1, 0.15) is 55.8 Å². The molecule has 2 aromatic carbocycles. The second kappa shape index (κ2) is 11.1. The Hall–Kier alpha value is -4.07. The quantitative estimate of drug-likeness (QED) is 0.179. The van der Waals surface area contributed by atoms with Crippen LogP contribution in [-0.4, -0.2) is 50.5 Å². The molecule has 0 aliphatic carbocycles. The number of ketones is 1. The maximum absolute atomic E-state index is 13.4. The number of unbranched alkanes of at least 4 members (excludes halogenated alkanes) is 1. The SMILES string of the molecule is CCCCOc1ccc([C@H]2C(=C(O)c3ccc4c(c3)C[C@@H](C)O4)C(=O)C(=O)N2CCCn2ccnc2)cc1. The smallest absolute Gasteiger partial charge is 0.295 e. The Morgan fingerprint density at radius 1 is 1.13 bits per heavy atom. The summed E-state index contributed by atoms with van der Waals surface area (Å²) < 4.78 is 13.5. The maximum atomic E-state index is 13.4. The van der Waals surface area contributed by atoms with Crippen LogP contribution in [0.5, 0.6) is 11.5 Å². The number of likely N-dealkylation sites (tertiary alicyclic amines) is 1. The summed E-state index contributed by atoms with van der Waals surface area (Å²) in [5.74, 6) is 0.0550. The van der Waals surface area contributed by atoms with Gasteiger partial charge in [-0.25, -0.2) is 4.98 Å². The number of nitrogens with zero attached hydrogens (tertiary/aromatic N) is 3. The van der Waals surface area contributed by atoms with Gasteiger partial charge >= 0.3 is 0 Å². The summed E-state index contributed by atoms with van der Waals surface area (Å²) in [4.78, 5) is 32.3. The molecule has 3 aromatic rings. The zero-order chi connectivity index (χ0) is 26.6. The Labute approximate surface area is 222 Å². The number of Topliss-reactive ketones (excluding diaryl/α,β-unsaturated/α-hetero) is 1. The summed E-state index contributed by atoms with van der Waals surface area (Å²) >= 11 is 0. The molecule has 8 nitrogen and oxygen atoms in total. The summed E-state index contributed by atoms with van der Waals surface area (Å²) in [5, 5.41) is 11.4. The molecule has 0 radical (unpaired) electrons. The van der Waals surface area contributed by atoms with Crippen LogP contribution in [0.15, 0.2) is 66.8 Å². The van der Waals surface area contributed by atoms with Gasteiger partial charge in [-0.15, -0.1) is 0 Å². The minimum atomic E-state index is -0.703. The number of amides is 1. The number of fused-ring (bicyclic) bond motifs is 1. The summed E-state index contributed by atoms with van der Waals surface area (Å²) in [6, 6.07) is 12.1. The minimum Gasteiger partial charge on any atom is -0.507 e. The first kappa shape index (κ1) is 25.6. The lowest BCUT2D eigenvalue weighted by Crippen LogP contribution is -2.31. The number of ether oxygens (including phenoxy) is 2. The number of benzene rings is 2. The van der Waals surface area contributed by atoms with Crippen molar-refractivity contribution in [1.29, 1.82) is 0 Å². The van der Waals surface area contributed by atoms with Crippen molar-refractivity contribution in [2.24, 2.45) is 0 Å². The molecule has 5 rings (SSSR count). The number of aryl methyl sites for hydroxylation is 1. The topological polar surface area (TPSA) is 93.9 Å². The number of carbonyl (C=O) groups excluding carboxylic acids is 2. The van der Waals surface area contributed by atoms with Gasteiger partial charge in [0, 0.05) is 37.5 Å². The predicted octanol–water partition coefficient (Wildman–Crippen LogP) is 4.90. The van der Waals surface area contributed by atoms with Gasteiger partial charge in [0.05, 0.1) is 24.5 Å². The van der Waals surface area contributed by atoms with Gasteiger partial charge in [0.15, 0.2) is 0 Å². The summed E-state index contributed by atoms with van der Waals surface area (Å²) in [7, 11) is 0. The van der Waals surface area contributed by atoms with Crippen molar-refractivity contribution in [2.45, 2.75) is 58.2 Å². The van der Waals surface area contributed by atoms with E-state index in [1.54, 1.807) is 23.5 Å². The van der Waals surface area contributed by atoms with Gasteiger partial charge in [0.2, 0.25) is 0 Å². The van der Waals surface area contributed by atoms with Gasteiger partial charge in [0.25, 0.3) is 11.7 Å². The fourth-order valence-electron chi connectivity index (χ4n) is 5.11. The van der Waals surface area contributed by atoms with E-state index in [1.165, 1.54) is 0 Å². The molecule has 0 unspecified atom stereocenters. The van der Waals surface area contributed by atoms with Gasteiger partial charge in [0.1, 0.15) is 23.4 Å². The summed E-state index contributed by atoms with van der Waals surface area (Å²) in [6.07, 6.45) is 8.71. The molecule has 3 heterocycles. The molecular weight excluding hydrogens is 482 g/mol. The Morgan fingerprint density at radius 2 is 1.95 bits per heavy atom. The number of aliphatic hydroxyl groups excluding tert-OH is 1. The van der Waals surface area contributed by atoms with Crippen LogP contribution >= 0.6 is 0 Å². The zero-order valence-electron chi connectivity index (χ0n) is 21.8. The summed E-state index contributed by atoms with van der Waals surface area (Å²) in [6.45, 7) is 5.74. The third-order valence-corrected chi connectivity index (χ3v) is 7.05. The van der Waals surface area contributed by atoms with Gasteiger partial charge in [-0.1, -0.05) is 25.5 Å². The van der Waals surface area contributed by atoms with Crippen molar-refractivity contribution in [1.82, 2.24) is 14.5 Å². The highest BCUT2D eigenvalue weighted by molar-refractivity contribution is 6.46. The van der Waals surface area contributed by atoms with Gasteiger partial charge in [-0.05, 0) is 61.2 Å². The molecule has 0 spiro atoms. The second-order valence-corrected chi connectivity index (χ2v) is 9.87. The number of hydrogen-bond acceptors (Lipinski definition) is 6. The molecule has 2 aliphatic heterocycles. The molecule has 1 aromatic heterocycles. The van der Waals surface area contributed by atoms with Crippen molar-refractivity contribution in [3.05, 3.63) is 83.4 Å². The number of carbonyl (C=O) groups is 2. The van der Waals surface area contributed by atoms with E-state index in [1.807, 2.05) is 54.1 Å². The lowest BCUT2D eigenvalue weighted by atomic mass is 9.94. The molecule has 198 valence electrons. The lowest BCUT2D eigenvalue weighted by Gasteiger charge is -2.25. The molecule has 8 heteroatoms. The highest BCUT2D eigenvalue weighted by atomic mass is 16.5. The molecule has 2 atom stereocenters. The monoisotopic (exact) mass is 515 g/mol. The molecule has 2 aliphatic rings. The molecule has 1 saturated heterocycles. The molecule has 1 N–H and O–H groups in total. The van der Waals surface area contributed by atoms with Crippen LogP contribution in [0.4, 0.5) is 0 Å².